The van der Waals surface area contributed by atoms with E-state index in [1.54, 1.807) is 0 Å². The number of halogens is 2. The molecule has 0 atom stereocenters. The molecule has 0 bridgehead atoms. The molecule has 1 aromatic carbocycles. The zero-order valence-electron chi connectivity index (χ0n) is 11.6. The Morgan fingerprint density at radius 3 is 2.62 bits per heavy atom. The van der Waals surface area contributed by atoms with Crippen LogP contribution >= 0.6 is 0 Å². The molecule has 7 heteroatoms. The van der Waals surface area contributed by atoms with Crippen LogP contribution in [-0.4, -0.2) is 32.9 Å². The maximum atomic E-state index is 14.0. The number of rotatable bonds is 4. The summed E-state index contributed by atoms with van der Waals surface area (Å²) in [5, 5.41) is 0. The first kappa shape index (κ1) is 15.9. The summed E-state index contributed by atoms with van der Waals surface area (Å²) in [7, 11) is -2.67. The van der Waals surface area contributed by atoms with Crippen LogP contribution in [0, 0.1) is 29.4 Å². The van der Waals surface area contributed by atoms with Gasteiger partial charge in [0, 0.05) is 19.7 Å². The van der Waals surface area contributed by atoms with Crippen LogP contribution in [0.3, 0.4) is 0 Å². The van der Waals surface area contributed by atoms with Gasteiger partial charge in [0.15, 0.2) is 0 Å². The van der Waals surface area contributed by atoms with E-state index in [4.69, 9.17) is 5.73 Å². The largest absolute Gasteiger partial charge is 0.320 e. The number of nitrogens with two attached hydrogens (primary N) is 1. The molecule has 0 aromatic heterocycles. The van der Waals surface area contributed by atoms with Crippen LogP contribution in [0.2, 0.25) is 0 Å². The van der Waals surface area contributed by atoms with E-state index in [1.807, 2.05) is 0 Å². The van der Waals surface area contributed by atoms with Gasteiger partial charge in [0.05, 0.1) is 12.1 Å². The van der Waals surface area contributed by atoms with E-state index >= 15 is 0 Å². The molecule has 2 rings (SSSR count). The molecule has 0 spiro atoms. The van der Waals surface area contributed by atoms with E-state index in [2.05, 4.69) is 11.8 Å². The molecular weight excluding hydrogens is 298 g/mol. The Morgan fingerprint density at radius 2 is 2.05 bits per heavy atom. The van der Waals surface area contributed by atoms with E-state index in [9.17, 15) is 17.2 Å². The van der Waals surface area contributed by atoms with Crippen LogP contribution in [0.1, 0.15) is 18.4 Å². The first-order valence-electron chi connectivity index (χ1n) is 6.50. The summed E-state index contributed by atoms with van der Waals surface area (Å²) in [5.74, 6) is 3.14. The highest BCUT2D eigenvalue weighted by molar-refractivity contribution is 7.89. The lowest BCUT2D eigenvalue weighted by molar-refractivity contribution is 0.446. The van der Waals surface area contributed by atoms with Gasteiger partial charge in [-0.3, -0.25) is 0 Å². The third-order valence-corrected chi connectivity index (χ3v) is 5.11. The number of hydrogen-bond donors (Lipinski definition) is 1. The van der Waals surface area contributed by atoms with Gasteiger partial charge in [0.2, 0.25) is 10.0 Å². The Morgan fingerprint density at radius 1 is 1.38 bits per heavy atom. The Balaban J connectivity index is 2.49. The summed E-state index contributed by atoms with van der Waals surface area (Å²) in [6, 6.07) is 1.45. The highest BCUT2D eigenvalue weighted by Gasteiger charge is 2.32. The van der Waals surface area contributed by atoms with E-state index in [1.165, 1.54) is 7.05 Å². The molecule has 2 N–H and O–H groups in total. The molecule has 1 aliphatic rings. The quantitative estimate of drug-likeness (QED) is 0.852. The predicted octanol–water partition coefficient (Wildman–Crippen LogP) is 1.31. The Hall–Kier alpha value is -1.49. The van der Waals surface area contributed by atoms with Crippen LogP contribution in [0.4, 0.5) is 8.78 Å². The van der Waals surface area contributed by atoms with Crippen molar-refractivity contribution in [1.82, 2.24) is 4.31 Å². The summed E-state index contributed by atoms with van der Waals surface area (Å²) in [6.07, 6.45) is 1.93. The molecule has 1 aliphatic carbocycles. The molecule has 0 aliphatic heterocycles. The Labute approximate surface area is 123 Å². The van der Waals surface area contributed by atoms with Crippen molar-refractivity contribution in [3.63, 3.8) is 0 Å². The fourth-order valence-corrected chi connectivity index (χ4v) is 3.39. The van der Waals surface area contributed by atoms with Crippen molar-refractivity contribution >= 4 is 10.0 Å². The molecule has 0 saturated heterocycles. The van der Waals surface area contributed by atoms with Gasteiger partial charge < -0.3 is 5.73 Å². The molecule has 1 fully saturated rings. The normalized spacial score (nSPS) is 14.9. The molecule has 1 saturated carbocycles. The second-order valence-electron chi connectivity index (χ2n) is 5.00. The topological polar surface area (TPSA) is 63.4 Å². The van der Waals surface area contributed by atoms with Gasteiger partial charge in [-0.1, -0.05) is 11.8 Å². The van der Waals surface area contributed by atoms with Crippen molar-refractivity contribution in [3.8, 4) is 11.8 Å². The SMILES string of the molecule is CN(CC1CC1)S(=O)(=O)c1c(F)cc(F)cc1C#CCN. The molecule has 21 heavy (non-hydrogen) atoms. The molecule has 0 amide bonds. The van der Waals surface area contributed by atoms with Crippen molar-refractivity contribution in [1.29, 1.82) is 0 Å². The molecule has 114 valence electrons. The lowest BCUT2D eigenvalue weighted by atomic mass is 10.2. The fourth-order valence-electron chi connectivity index (χ4n) is 1.98. The summed E-state index contributed by atoms with van der Waals surface area (Å²) >= 11 is 0. The van der Waals surface area contributed by atoms with Crippen molar-refractivity contribution in [2.24, 2.45) is 11.7 Å². The van der Waals surface area contributed by atoms with Crippen molar-refractivity contribution in [2.75, 3.05) is 20.1 Å². The van der Waals surface area contributed by atoms with Gasteiger partial charge in [-0.05, 0) is 24.8 Å². The Bertz CT molecular complexity index is 704. The van der Waals surface area contributed by atoms with Crippen molar-refractivity contribution < 1.29 is 17.2 Å². The average molecular weight is 314 g/mol. The van der Waals surface area contributed by atoms with Crippen molar-refractivity contribution in [3.05, 3.63) is 29.3 Å². The third kappa shape index (κ3) is 3.59. The lowest BCUT2D eigenvalue weighted by Crippen LogP contribution is -2.30. The van der Waals surface area contributed by atoms with Gasteiger partial charge in [0.1, 0.15) is 16.5 Å². The van der Waals surface area contributed by atoms with E-state index in [-0.39, 0.29) is 12.1 Å². The fraction of sp³-hybridized carbons (Fsp3) is 0.429. The summed E-state index contributed by atoms with van der Waals surface area (Å²) in [4.78, 5) is -0.590. The monoisotopic (exact) mass is 314 g/mol. The van der Waals surface area contributed by atoms with Crippen LogP contribution in [0.15, 0.2) is 17.0 Å². The number of hydrogen-bond acceptors (Lipinski definition) is 3. The van der Waals surface area contributed by atoms with Crippen molar-refractivity contribution in [2.45, 2.75) is 17.7 Å². The zero-order chi connectivity index (χ0) is 15.6. The zero-order valence-corrected chi connectivity index (χ0v) is 12.4. The number of sulfonamides is 1. The molecule has 0 radical (unpaired) electrons. The summed E-state index contributed by atoms with van der Waals surface area (Å²) in [6.45, 7) is 0.290. The third-order valence-electron chi connectivity index (χ3n) is 3.21. The van der Waals surface area contributed by atoms with E-state index < -0.39 is 26.6 Å². The second kappa shape index (κ2) is 6.10. The van der Waals surface area contributed by atoms with Gasteiger partial charge in [0.25, 0.3) is 0 Å². The number of benzene rings is 1. The predicted molar refractivity (Wildman–Crippen MR) is 74.8 cm³/mol. The molecule has 0 heterocycles. The first-order valence-corrected chi connectivity index (χ1v) is 7.94. The van der Waals surface area contributed by atoms with E-state index in [0.29, 0.717) is 18.5 Å². The first-order chi connectivity index (χ1) is 9.86. The highest BCUT2D eigenvalue weighted by atomic mass is 32.2. The van der Waals surface area contributed by atoms with Crippen LogP contribution in [0.5, 0.6) is 0 Å². The molecule has 0 unspecified atom stereocenters. The lowest BCUT2D eigenvalue weighted by Gasteiger charge is -2.18. The van der Waals surface area contributed by atoms with E-state index in [0.717, 1.165) is 23.2 Å². The van der Waals surface area contributed by atoms with Crippen LogP contribution in [-0.2, 0) is 10.0 Å². The summed E-state index contributed by atoms with van der Waals surface area (Å²) < 4.78 is 53.3. The van der Waals surface area contributed by atoms with Gasteiger partial charge in [-0.2, -0.15) is 0 Å². The van der Waals surface area contributed by atoms with Crippen LogP contribution in [0.25, 0.3) is 0 Å². The average Bonchev–Trinajstić information content (AvgIpc) is 3.18. The molecular formula is C14H16F2N2O2S. The highest BCUT2D eigenvalue weighted by Crippen LogP contribution is 2.32. The minimum atomic E-state index is -4.05. The molecule has 4 nitrogen and oxygen atoms in total. The van der Waals surface area contributed by atoms with Gasteiger partial charge >= 0.3 is 0 Å². The standard InChI is InChI=1S/C14H16F2N2O2S/c1-18(9-10-4-5-10)21(19,20)14-11(3-2-6-17)7-12(15)8-13(14)16/h7-8,10H,4-6,9,17H2,1H3. The van der Waals surface area contributed by atoms with Gasteiger partial charge in [-0.25, -0.2) is 21.5 Å². The maximum Gasteiger partial charge on any atom is 0.246 e. The smallest absolute Gasteiger partial charge is 0.246 e. The van der Waals surface area contributed by atoms with Gasteiger partial charge in [-0.15, -0.1) is 0 Å². The molecule has 1 aromatic rings. The summed E-state index contributed by atoms with van der Waals surface area (Å²) in [5.41, 5.74) is 5.02. The maximum absolute atomic E-state index is 14.0. The van der Waals surface area contributed by atoms with Crippen LogP contribution < -0.4 is 5.73 Å². The minimum absolute atomic E-state index is 0.0322. The minimum Gasteiger partial charge on any atom is -0.320 e. The Kier molecular flexibility index (Phi) is 4.61. The second-order valence-corrected chi connectivity index (χ2v) is 6.98. The number of nitrogens with zero attached hydrogens (tertiary/aromatic N) is 1.